The van der Waals surface area contributed by atoms with Crippen LogP contribution in [0.4, 0.5) is 48.3 Å². The van der Waals surface area contributed by atoms with Gasteiger partial charge in [0.2, 0.25) is 0 Å². The van der Waals surface area contributed by atoms with Gasteiger partial charge in [-0.2, -0.15) is 43.9 Å². The first-order valence-corrected chi connectivity index (χ1v) is 8.26. The molecule has 0 aliphatic carbocycles. The molecule has 0 radical (unpaired) electrons. The van der Waals surface area contributed by atoms with Gasteiger partial charge in [0.1, 0.15) is 0 Å². The van der Waals surface area contributed by atoms with E-state index in [0.29, 0.717) is 5.70 Å². The van der Waals surface area contributed by atoms with Crippen LogP contribution in [0.5, 0.6) is 0 Å². The van der Waals surface area contributed by atoms with Crippen molar-refractivity contribution in [3.63, 3.8) is 0 Å². The number of hydrogen-bond donors (Lipinski definition) is 0. The summed E-state index contributed by atoms with van der Waals surface area (Å²) < 4.78 is 156. The van der Waals surface area contributed by atoms with Crippen LogP contribution in [0, 0.1) is 0 Å². The van der Waals surface area contributed by atoms with Crippen LogP contribution >= 0.6 is 0 Å². The van der Waals surface area contributed by atoms with Crippen molar-refractivity contribution in [2.45, 2.75) is 36.7 Å². The number of ether oxygens (including phenoxy) is 1. The lowest BCUT2D eigenvalue weighted by molar-refractivity contribution is -0.482. The standard InChI is InChI=1S/C11H13F11O4Si/c1-23-27(24-2,25-3)6-4-5-7(12,9(15,16)17)26-11(21,22)8(13,14)10(18,19)20/h4,6H,5H2,1-3H3. The second-order valence-corrected chi connectivity index (χ2v) is 7.50. The predicted molar refractivity (Wildman–Crippen MR) is 67.5 cm³/mol. The van der Waals surface area contributed by atoms with Gasteiger partial charge >= 0.3 is 39.0 Å². The molecule has 0 aromatic rings. The van der Waals surface area contributed by atoms with Crippen LogP contribution in [0.1, 0.15) is 6.42 Å². The van der Waals surface area contributed by atoms with Crippen molar-refractivity contribution < 1.29 is 66.3 Å². The molecule has 162 valence electrons. The molecule has 0 saturated heterocycles. The summed E-state index contributed by atoms with van der Waals surface area (Å²) >= 11 is 0. The first-order chi connectivity index (χ1) is 11.8. The fourth-order valence-electron chi connectivity index (χ4n) is 1.46. The summed E-state index contributed by atoms with van der Waals surface area (Å²) in [6, 6.07) is 0. The Morgan fingerprint density at radius 2 is 1.11 bits per heavy atom. The monoisotopic (exact) mass is 446 g/mol. The average molecular weight is 446 g/mol. The molecule has 0 aromatic carbocycles. The van der Waals surface area contributed by atoms with Gasteiger partial charge < -0.3 is 13.3 Å². The minimum atomic E-state index is -7.10. The molecular weight excluding hydrogens is 433 g/mol. The Balaban J connectivity index is 5.82. The van der Waals surface area contributed by atoms with Crippen LogP contribution < -0.4 is 0 Å². The molecule has 1 unspecified atom stereocenters. The number of hydrogen-bond acceptors (Lipinski definition) is 4. The summed E-state index contributed by atoms with van der Waals surface area (Å²) in [5.41, 5.74) is 0.552. The van der Waals surface area contributed by atoms with E-state index < -0.39 is 45.5 Å². The van der Waals surface area contributed by atoms with Gasteiger partial charge in [-0.25, -0.2) is 4.39 Å². The third kappa shape index (κ3) is 5.52. The average Bonchev–Trinajstić information content (AvgIpc) is 2.49. The number of rotatable bonds is 9. The minimum Gasteiger partial charge on any atom is -0.374 e. The summed E-state index contributed by atoms with van der Waals surface area (Å²) in [7, 11) is -0.899. The topological polar surface area (TPSA) is 36.9 Å². The van der Waals surface area contributed by atoms with Crippen LogP contribution in [-0.4, -0.2) is 60.4 Å². The fourth-order valence-corrected chi connectivity index (χ4v) is 2.77. The van der Waals surface area contributed by atoms with Crippen molar-refractivity contribution in [2.24, 2.45) is 0 Å². The maximum absolute atomic E-state index is 13.9. The van der Waals surface area contributed by atoms with Crippen molar-refractivity contribution in [1.29, 1.82) is 0 Å². The predicted octanol–water partition coefficient (Wildman–Crippen LogP) is 4.39. The van der Waals surface area contributed by atoms with E-state index in [4.69, 9.17) is 0 Å². The third-order valence-corrected chi connectivity index (χ3v) is 5.34. The van der Waals surface area contributed by atoms with E-state index in [1.54, 1.807) is 0 Å². The van der Waals surface area contributed by atoms with E-state index in [0.717, 1.165) is 21.3 Å². The van der Waals surface area contributed by atoms with Crippen LogP contribution in [0.3, 0.4) is 0 Å². The van der Waals surface area contributed by atoms with E-state index >= 15 is 0 Å². The smallest absolute Gasteiger partial charge is 0.374 e. The molecule has 0 aromatic heterocycles. The molecule has 0 aliphatic rings. The zero-order valence-corrected chi connectivity index (χ0v) is 14.7. The van der Waals surface area contributed by atoms with Gasteiger partial charge in [-0.15, -0.1) is 0 Å². The van der Waals surface area contributed by atoms with E-state index in [1.165, 1.54) is 0 Å². The van der Waals surface area contributed by atoms with E-state index in [-0.39, 0.29) is 6.08 Å². The van der Waals surface area contributed by atoms with Crippen molar-refractivity contribution >= 4 is 8.80 Å². The highest BCUT2D eigenvalue weighted by Gasteiger charge is 2.78. The van der Waals surface area contributed by atoms with Crippen molar-refractivity contribution in [1.82, 2.24) is 0 Å². The maximum Gasteiger partial charge on any atom is 0.528 e. The molecule has 4 nitrogen and oxygen atoms in total. The molecule has 0 rings (SSSR count). The van der Waals surface area contributed by atoms with E-state index in [1.807, 2.05) is 0 Å². The van der Waals surface area contributed by atoms with Crippen LogP contribution in [0.2, 0.25) is 0 Å². The summed E-state index contributed by atoms with van der Waals surface area (Å²) in [6.45, 7) is 0. The Morgan fingerprint density at radius 3 is 1.41 bits per heavy atom. The maximum atomic E-state index is 13.9. The normalized spacial score (nSPS) is 17.4. The molecule has 0 fully saturated rings. The molecule has 0 saturated carbocycles. The van der Waals surface area contributed by atoms with Gasteiger partial charge in [-0.05, 0) is 5.70 Å². The molecule has 0 bridgehead atoms. The molecular formula is C11H13F11O4Si. The first-order valence-electron chi connectivity index (χ1n) is 6.46. The van der Waals surface area contributed by atoms with Crippen LogP contribution in [-0.2, 0) is 18.0 Å². The zero-order valence-electron chi connectivity index (χ0n) is 13.7. The SMILES string of the molecule is CO[Si](C=CCC(F)(OC(F)(F)C(F)(F)C(F)(F)F)C(F)(F)F)(OC)OC. The van der Waals surface area contributed by atoms with E-state index in [2.05, 4.69) is 18.0 Å². The Labute approximate surface area is 146 Å². The largest absolute Gasteiger partial charge is 0.528 e. The third-order valence-electron chi connectivity index (χ3n) is 2.99. The molecule has 16 heteroatoms. The van der Waals surface area contributed by atoms with Gasteiger partial charge in [0.25, 0.3) is 0 Å². The number of alkyl halides is 11. The fraction of sp³-hybridized carbons (Fsp3) is 0.818. The van der Waals surface area contributed by atoms with Gasteiger partial charge in [-0.3, -0.25) is 4.74 Å². The van der Waals surface area contributed by atoms with Gasteiger partial charge in [0, 0.05) is 27.8 Å². The lowest BCUT2D eigenvalue weighted by atomic mass is 10.2. The summed E-state index contributed by atoms with van der Waals surface area (Å²) in [5.74, 6) is -12.7. The van der Waals surface area contributed by atoms with Crippen LogP contribution in [0.25, 0.3) is 0 Å². The Bertz CT molecular complexity index is 507. The highest BCUT2D eigenvalue weighted by Crippen LogP contribution is 2.51. The summed E-state index contributed by atoms with van der Waals surface area (Å²) in [4.78, 5) is 0. The molecule has 1 atom stereocenters. The number of halogens is 11. The lowest BCUT2D eigenvalue weighted by Gasteiger charge is -2.34. The van der Waals surface area contributed by atoms with Crippen molar-refractivity contribution in [2.75, 3.05) is 21.3 Å². The van der Waals surface area contributed by atoms with Crippen molar-refractivity contribution in [3.8, 4) is 0 Å². The lowest BCUT2D eigenvalue weighted by Crippen LogP contribution is -2.59. The highest BCUT2D eigenvalue weighted by molar-refractivity contribution is 6.66. The quantitative estimate of drug-likeness (QED) is 0.389. The minimum absolute atomic E-state index is 0.137. The Hall–Kier alpha value is -0.973. The Morgan fingerprint density at radius 1 is 0.704 bits per heavy atom. The molecule has 0 aliphatic heterocycles. The van der Waals surface area contributed by atoms with Crippen LogP contribution in [0.15, 0.2) is 11.8 Å². The Kier molecular flexibility index (Phi) is 7.89. The molecule has 0 heterocycles. The van der Waals surface area contributed by atoms with Crippen molar-refractivity contribution in [3.05, 3.63) is 11.8 Å². The molecule has 0 N–H and O–H groups in total. The first kappa shape index (κ1) is 26.0. The second-order valence-electron chi connectivity index (χ2n) is 4.74. The van der Waals surface area contributed by atoms with Gasteiger partial charge in [0.15, 0.2) is 0 Å². The van der Waals surface area contributed by atoms with Gasteiger partial charge in [-0.1, -0.05) is 6.08 Å². The molecule has 0 amide bonds. The highest BCUT2D eigenvalue weighted by atomic mass is 28.4. The van der Waals surface area contributed by atoms with Gasteiger partial charge in [0.05, 0.1) is 0 Å². The summed E-state index contributed by atoms with van der Waals surface area (Å²) in [6.07, 6.45) is -22.4. The zero-order chi connectivity index (χ0) is 21.9. The summed E-state index contributed by atoms with van der Waals surface area (Å²) in [5, 5.41) is 0. The molecule has 0 spiro atoms. The molecule has 27 heavy (non-hydrogen) atoms. The van der Waals surface area contributed by atoms with E-state index in [9.17, 15) is 48.3 Å². The second kappa shape index (κ2) is 8.18.